The molecular formula is C20H25NO3. The van der Waals surface area contributed by atoms with Gasteiger partial charge >= 0.3 is 0 Å². The highest BCUT2D eigenvalue weighted by atomic mass is 16.5. The molecule has 0 aromatic heterocycles. The standard InChI is InChI=1S/C20H25NO3/c1-14-13-16(9-11-18(14)23-3)10-12-20(22)21-15(2)17-7-5-6-8-19(17)24-4/h5-9,11,13,15H,10,12H2,1-4H3,(H,21,22)/t15-/m0/s1. The Hall–Kier alpha value is -2.49. The third-order valence-electron chi connectivity index (χ3n) is 4.08. The highest BCUT2D eigenvalue weighted by molar-refractivity contribution is 5.76. The van der Waals surface area contributed by atoms with E-state index in [9.17, 15) is 4.79 Å². The molecule has 0 aliphatic carbocycles. The summed E-state index contributed by atoms with van der Waals surface area (Å²) in [6.45, 7) is 3.97. The minimum Gasteiger partial charge on any atom is -0.496 e. The minimum atomic E-state index is -0.0914. The Labute approximate surface area is 143 Å². The van der Waals surface area contributed by atoms with Gasteiger partial charge in [0.1, 0.15) is 11.5 Å². The largest absolute Gasteiger partial charge is 0.496 e. The first-order valence-corrected chi connectivity index (χ1v) is 8.11. The molecule has 2 aromatic carbocycles. The number of hydrogen-bond acceptors (Lipinski definition) is 3. The number of nitrogens with one attached hydrogen (secondary N) is 1. The quantitative estimate of drug-likeness (QED) is 0.841. The monoisotopic (exact) mass is 327 g/mol. The van der Waals surface area contributed by atoms with Crippen molar-refractivity contribution >= 4 is 5.91 Å². The van der Waals surface area contributed by atoms with Crippen LogP contribution in [0.3, 0.4) is 0 Å². The number of aryl methyl sites for hydroxylation is 2. The van der Waals surface area contributed by atoms with Gasteiger partial charge in [0.25, 0.3) is 0 Å². The van der Waals surface area contributed by atoms with Crippen molar-refractivity contribution in [3.8, 4) is 11.5 Å². The third kappa shape index (κ3) is 4.51. The molecule has 0 unspecified atom stereocenters. The fourth-order valence-electron chi connectivity index (χ4n) is 2.77. The van der Waals surface area contributed by atoms with E-state index in [0.717, 1.165) is 28.2 Å². The average molecular weight is 327 g/mol. The van der Waals surface area contributed by atoms with E-state index in [4.69, 9.17) is 9.47 Å². The van der Waals surface area contributed by atoms with Gasteiger partial charge in [-0.25, -0.2) is 0 Å². The van der Waals surface area contributed by atoms with Crippen LogP contribution in [0.5, 0.6) is 11.5 Å². The lowest BCUT2D eigenvalue weighted by Crippen LogP contribution is -2.27. The maximum atomic E-state index is 12.2. The fourth-order valence-corrected chi connectivity index (χ4v) is 2.77. The molecule has 0 heterocycles. The molecule has 0 saturated heterocycles. The van der Waals surface area contributed by atoms with Crippen molar-refractivity contribution in [2.75, 3.05) is 14.2 Å². The van der Waals surface area contributed by atoms with Crippen molar-refractivity contribution in [2.45, 2.75) is 32.7 Å². The van der Waals surface area contributed by atoms with Crippen molar-refractivity contribution in [1.82, 2.24) is 5.32 Å². The van der Waals surface area contributed by atoms with Gasteiger partial charge in [-0.3, -0.25) is 4.79 Å². The number of ether oxygens (including phenoxy) is 2. The molecule has 1 N–H and O–H groups in total. The third-order valence-corrected chi connectivity index (χ3v) is 4.08. The van der Waals surface area contributed by atoms with E-state index in [1.165, 1.54) is 0 Å². The predicted octanol–water partition coefficient (Wildman–Crippen LogP) is 3.82. The van der Waals surface area contributed by atoms with Gasteiger partial charge in [-0.2, -0.15) is 0 Å². The zero-order valence-electron chi connectivity index (χ0n) is 14.8. The average Bonchev–Trinajstić information content (AvgIpc) is 2.60. The molecule has 0 bridgehead atoms. The second-order valence-corrected chi connectivity index (χ2v) is 5.84. The molecule has 1 amide bonds. The summed E-state index contributed by atoms with van der Waals surface area (Å²) in [5, 5.41) is 3.03. The van der Waals surface area contributed by atoms with Crippen LogP contribution in [0.15, 0.2) is 42.5 Å². The topological polar surface area (TPSA) is 47.6 Å². The molecule has 24 heavy (non-hydrogen) atoms. The van der Waals surface area contributed by atoms with Crippen molar-refractivity contribution < 1.29 is 14.3 Å². The lowest BCUT2D eigenvalue weighted by atomic mass is 10.0. The Balaban J connectivity index is 1.92. The van der Waals surface area contributed by atoms with Crippen LogP contribution in [0.1, 0.15) is 36.1 Å². The van der Waals surface area contributed by atoms with Crippen LogP contribution in [0.4, 0.5) is 0 Å². The van der Waals surface area contributed by atoms with Crippen LogP contribution >= 0.6 is 0 Å². The zero-order chi connectivity index (χ0) is 17.5. The van der Waals surface area contributed by atoms with Crippen LogP contribution < -0.4 is 14.8 Å². The first-order valence-electron chi connectivity index (χ1n) is 8.11. The number of methoxy groups -OCH3 is 2. The minimum absolute atomic E-state index is 0.0295. The first kappa shape index (κ1) is 17.9. The molecule has 2 aromatic rings. The highest BCUT2D eigenvalue weighted by Crippen LogP contribution is 2.24. The van der Waals surface area contributed by atoms with Crippen molar-refractivity contribution in [3.05, 3.63) is 59.2 Å². The number of benzene rings is 2. The highest BCUT2D eigenvalue weighted by Gasteiger charge is 2.13. The van der Waals surface area contributed by atoms with E-state index in [-0.39, 0.29) is 11.9 Å². The summed E-state index contributed by atoms with van der Waals surface area (Å²) in [7, 11) is 3.30. The van der Waals surface area contributed by atoms with Gasteiger partial charge in [0.05, 0.1) is 20.3 Å². The SMILES string of the molecule is COc1ccc(CCC(=O)N[C@@H](C)c2ccccc2OC)cc1C. The van der Waals surface area contributed by atoms with Crippen LogP contribution in [0.2, 0.25) is 0 Å². The molecule has 128 valence electrons. The van der Waals surface area contributed by atoms with Gasteiger partial charge in [-0.05, 0) is 43.5 Å². The Kier molecular flexibility index (Phi) is 6.24. The maximum absolute atomic E-state index is 12.2. The molecule has 2 rings (SSSR count). The lowest BCUT2D eigenvalue weighted by molar-refractivity contribution is -0.121. The first-order chi connectivity index (χ1) is 11.5. The van der Waals surface area contributed by atoms with E-state index >= 15 is 0 Å². The van der Waals surface area contributed by atoms with E-state index in [2.05, 4.69) is 11.4 Å². The number of hydrogen-bond donors (Lipinski definition) is 1. The summed E-state index contributed by atoms with van der Waals surface area (Å²) in [4.78, 5) is 12.2. The number of para-hydroxylation sites is 1. The normalized spacial score (nSPS) is 11.7. The van der Waals surface area contributed by atoms with Gasteiger partial charge in [0.2, 0.25) is 5.91 Å². The van der Waals surface area contributed by atoms with Crippen LogP contribution in [0, 0.1) is 6.92 Å². The summed E-state index contributed by atoms with van der Waals surface area (Å²) in [5.74, 6) is 1.69. The number of amides is 1. The van der Waals surface area contributed by atoms with Gasteiger partial charge in [-0.1, -0.05) is 30.3 Å². The molecule has 4 nitrogen and oxygen atoms in total. The fraction of sp³-hybridized carbons (Fsp3) is 0.350. The smallest absolute Gasteiger partial charge is 0.220 e. The Morgan fingerprint density at radius 2 is 1.79 bits per heavy atom. The van der Waals surface area contributed by atoms with Crippen LogP contribution in [0.25, 0.3) is 0 Å². The summed E-state index contributed by atoms with van der Waals surface area (Å²) < 4.78 is 10.6. The summed E-state index contributed by atoms with van der Waals surface area (Å²) in [6, 6.07) is 13.7. The van der Waals surface area contributed by atoms with Crippen molar-refractivity contribution in [2.24, 2.45) is 0 Å². The molecule has 4 heteroatoms. The molecule has 0 saturated carbocycles. The van der Waals surface area contributed by atoms with Gasteiger partial charge in [0.15, 0.2) is 0 Å². The molecule has 1 atom stereocenters. The Bertz CT molecular complexity index is 697. The van der Waals surface area contributed by atoms with E-state index < -0.39 is 0 Å². The molecule has 0 radical (unpaired) electrons. The number of carbonyl (C=O) groups is 1. The number of rotatable bonds is 7. The predicted molar refractivity (Wildman–Crippen MR) is 95.6 cm³/mol. The Morgan fingerprint density at radius 1 is 1.08 bits per heavy atom. The lowest BCUT2D eigenvalue weighted by Gasteiger charge is -2.17. The summed E-state index contributed by atoms with van der Waals surface area (Å²) in [6.07, 6.45) is 1.15. The van der Waals surface area contributed by atoms with Crippen molar-refractivity contribution in [1.29, 1.82) is 0 Å². The van der Waals surface area contributed by atoms with Gasteiger partial charge < -0.3 is 14.8 Å². The van der Waals surface area contributed by atoms with E-state index in [1.54, 1.807) is 14.2 Å². The molecule has 0 fully saturated rings. The van der Waals surface area contributed by atoms with Crippen LogP contribution in [-0.4, -0.2) is 20.1 Å². The summed E-state index contributed by atoms with van der Waals surface area (Å²) >= 11 is 0. The zero-order valence-corrected chi connectivity index (χ0v) is 14.8. The van der Waals surface area contributed by atoms with Crippen molar-refractivity contribution in [3.63, 3.8) is 0 Å². The van der Waals surface area contributed by atoms with E-state index in [0.29, 0.717) is 12.8 Å². The second kappa shape index (κ2) is 8.39. The molecule has 0 aliphatic rings. The van der Waals surface area contributed by atoms with Gasteiger partial charge in [-0.15, -0.1) is 0 Å². The van der Waals surface area contributed by atoms with Gasteiger partial charge in [0, 0.05) is 12.0 Å². The Morgan fingerprint density at radius 3 is 2.46 bits per heavy atom. The molecule has 0 spiro atoms. The molecular weight excluding hydrogens is 302 g/mol. The van der Waals surface area contributed by atoms with Crippen LogP contribution in [-0.2, 0) is 11.2 Å². The maximum Gasteiger partial charge on any atom is 0.220 e. The second-order valence-electron chi connectivity index (χ2n) is 5.84. The number of carbonyl (C=O) groups excluding carboxylic acids is 1. The summed E-state index contributed by atoms with van der Waals surface area (Å²) in [5.41, 5.74) is 3.19. The van der Waals surface area contributed by atoms with E-state index in [1.807, 2.05) is 50.2 Å². The molecule has 0 aliphatic heterocycles.